The number of rotatable bonds is 26. The lowest BCUT2D eigenvalue weighted by Crippen LogP contribution is -2.37. The van der Waals surface area contributed by atoms with Gasteiger partial charge in [0.1, 0.15) is 13.2 Å². The smallest absolute Gasteiger partial charge is 0.334 e. The normalized spacial score (nSPS) is 14.7. The summed E-state index contributed by atoms with van der Waals surface area (Å²) < 4.78 is 31.7. The van der Waals surface area contributed by atoms with Crippen LogP contribution in [0.2, 0.25) is 0 Å². The molecular formula is C31H55N2O8P. The van der Waals surface area contributed by atoms with E-state index in [2.05, 4.69) is 65.4 Å². The molecule has 0 bridgehead atoms. The van der Waals surface area contributed by atoms with Gasteiger partial charge in [0.15, 0.2) is 12.9 Å². The van der Waals surface area contributed by atoms with Crippen molar-refractivity contribution >= 4 is 19.7 Å². The minimum Gasteiger partial charge on any atom is -0.756 e. The Morgan fingerprint density at radius 2 is 1.43 bits per heavy atom. The molecule has 1 N–H and O–H groups in total. The molecule has 0 aliphatic carbocycles. The number of phosphoric acid groups is 1. The fourth-order valence-corrected chi connectivity index (χ4v) is 3.94. The molecule has 1 amide bonds. The molecule has 0 aliphatic heterocycles. The maximum atomic E-state index is 12.0. The number of unbranched alkanes of at least 4 members (excludes halogenated alkanes) is 4. The molecule has 42 heavy (non-hydrogen) atoms. The largest absolute Gasteiger partial charge is 0.756 e. The summed E-state index contributed by atoms with van der Waals surface area (Å²) in [5.41, 5.74) is 0. The van der Waals surface area contributed by atoms with Crippen LogP contribution in [-0.4, -0.2) is 76.7 Å². The highest BCUT2D eigenvalue weighted by Gasteiger charge is 2.17. The summed E-state index contributed by atoms with van der Waals surface area (Å²) in [5.74, 6) is -0.987. The molecule has 242 valence electrons. The number of hydrogen-bond acceptors (Lipinski definition) is 8. The van der Waals surface area contributed by atoms with Gasteiger partial charge in [-0.15, -0.1) is 0 Å². The molecule has 0 aliphatic rings. The van der Waals surface area contributed by atoms with E-state index in [1.54, 1.807) is 0 Å². The Kier molecular flexibility index (Phi) is 24.2. The molecule has 0 saturated carbocycles. The predicted molar refractivity (Wildman–Crippen MR) is 165 cm³/mol. The van der Waals surface area contributed by atoms with E-state index in [0.29, 0.717) is 17.4 Å². The number of carbonyl (C=O) groups is 2. The van der Waals surface area contributed by atoms with Crippen molar-refractivity contribution in [3.05, 3.63) is 48.6 Å². The zero-order valence-electron chi connectivity index (χ0n) is 26.5. The highest BCUT2D eigenvalue weighted by atomic mass is 31.2. The Morgan fingerprint density at radius 3 is 2.00 bits per heavy atom. The number of quaternary nitrogens is 1. The Bertz CT molecular complexity index is 881. The van der Waals surface area contributed by atoms with E-state index in [1.165, 1.54) is 32.6 Å². The van der Waals surface area contributed by atoms with Gasteiger partial charge in [-0.25, -0.2) is 4.79 Å². The third-order valence-corrected chi connectivity index (χ3v) is 6.60. The first-order chi connectivity index (χ1) is 19.9. The van der Waals surface area contributed by atoms with E-state index in [1.807, 2.05) is 21.1 Å². The molecule has 0 saturated heterocycles. The third-order valence-electron chi connectivity index (χ3n) is 5.66. The number of ether oxygens (including phenoxy) is 2. The van der Waals surface area contributed by atoms with Crippen LogP contribution < -0.4 is 10.2 Å². The maximum Gasteiger partial charge on any atom is 0.334 e. The van der Waals surface area contributed by atoms with Crippen molar-refractivity contribution in [2.75, 3.05) is 54.1 Å². The molecule has 0 radical (unpaired) electrons. The van der Waals surface area contributed by atoms with Gasteiger partial charge >= 0.3 is 5.97 Å². The Hall–Kier alpha value is -2.07. The van der Waals surface area contributed by atoms with Gasteiger partial charge in [0, 0.05) is 13.0 Å². The Morgan fingerprint density at radius 1 is 0.857 bits per heavy atom. The average molecular weight is 615 g/mol. The number of likely N-dealkylation sites (N-methyl/N-ethyl adjacent to an activating group) is 1. The molecule has 0 rings (SSSR count). The van der Waals surface area contributed by atoms with E-state index in [4.69, 9.17) is 14.0 Å². The lowest BCUT2D eigenvalue weighted by molar-refractivity contribution is -0.870. The summed E-state index contributed by atoms with van der Waals surface area (Å²) in [4.78, 5) is 35.4. The Labute approximate surface area is 254 Å². The van der Waals surface area contributed by atoms with Gasteiger partial charge in [0.25, 0.3) is 7.82 Å². The zero-order chi connectivity index (χ0) is 31.5. The van der Waals surface area contributed by atoms with E-state index >= 15 is 0 Å². The van der Waals surface area contributed by atoms with Crippen molar-refractivity contribution in [1.82, 2.24) is 5.32 Å². The maximum absolute atomic E-state index is 12.0. The van der Waals surface area contributed by atoms with Crippen molar-refractivity contribution in [2.45, 2.75) is 84.3 Å². The molecule has 0 aromatic carbocycles. The van der Waals surface area contributed by atoms with Crippen molar-refractivity contribution in [3.8, 4) is 0 Å². The highest BCUT2D eigenvalue weighted by molar-refractivity contribution is 7.45. The van der Waals surface area contributed by atoms with Crippen LogP contribution in [0.3, 0.4) is 0 Å². The van der Waals surface area contributed by atoms with Crippen LogP contribution in [0.4, 0.5) is 0 Å². The summed E-state index contributed by atoms with van der Waals surface area (Å²) in [6.45, 7) is 3.68. The number of hydrogen-bond donors (Lipinski definition) is 1. The first-order valence-corrected chi connectivity index (χ1v) is 16.5. The van der Waals surface area contributed by atoms with Crippen LogP contribution in [0.5, 0.6) is 0 Å². The number of phosphoric ester groups is 1. The second-order valence-electron chi connectivity index (χ2n) is 10.8. The molecule has 10 nitrogen and oxygen atoms in total. The van der Waals surface area contributed by atoms with Gasteiger partial charge in [0.05, 0.1) is 27.7 Å². The van der Waals surface area contributed by atoms with Gasteiger partial charge < -0.3 is 33.2 Å². The first-order valence-electron chi connectivity index (χ1n) is 15.0. The summed E-state index contributed by atoms with van der Waals surface area (Å²) in [5, 5.41) is 2.75. The standard InChI is InChI=1S/C31H55N2O8P/c1-6-7-8-9-10-11-12-13-14-15-16-17-18-19-20-21-22-23-30(34)32-24-26-38-29(2)41-31(35)28-40-42(36,37)39-27-25-33(3,4)5/h10-11,13-14,16-17,19-20,29H,6-9,12,15,18,21-28H2,1-5H3,(H-,32,34,36,37)/b11-10-,14-13-,17-16-,20-19-. The molecule has 0 heterocycles. The van der Waals surface area contributed by atoms with Crippen LogP contribution >= 0.6 is 7.82 Å². The first kappa shape index (κ1) is 39.9. The summed E-state index contributed by atoms with van der Waals surface area (Å²) >= 11 is 0. The van der Waals surface area contributed by atoms with Crippen molar-refractivity contribution < 1.29 is 42.1 Å². The van der Waals surface area contributed by atoms with E-state index < -0.39 is 26.7 Å². The second-order valence-corrected chi connectivity index (χ2v) is 12.2. The minimum atomic E-state index is -4.60. The topological polar surface area (TPSA) is 123 Å². The highest BCUT2D eigenvalue weighted by Crippen LogP contribution is 2.37. The Balaban J connectivity index is 3.76. The number of carbonyl (C=O) groups excluding carboxylic acids is 2. The lowest BCUT2D eigenvalue weighted by atomic mass is 10.2. The van der Waals surface area contributed by atoms with Gasteiger partial charge in [-0.2, -0.15) is 0 Å². The lowest BCUT2D eigenvalue weighted by Gasteiger charge is -2.27. The number of esters is 1. The molecule has 11 heteroatoms. The van der Waals surface area contributed by atoms with Crippen LogP contribution in [0, 0.1) is 0 Å². The van der Waals surface area contributed by atoms with Crippen LogP contribution in [0.1, 0.15) is 78.1 Å². The van der Waals surface area contributed by atoms with E-state index in [9.17, 15) is 19.0 Å². The molecule has 2 unspecified atom stereocenters. The number of nitrogens with zero attached hydrogens (tertiary/aromatic N) is 1. The van der Waals surface area contributed by atoms with Crippen LogP contribution in [0.15, 0.2) is 48.6 Å². The zero-order valence-corrected chi connectivity index (χ0v) is 27.4. The fourth-order valence-electron chi connectivity index (χ4n) is 3.29. The SMILES string of the molecule is CCCCC/C=C\C/C=C\C/C=C\C/C=C\CCCC(=O)NCCOC(C)OC(=O)COP(=O)([O-])OCC[N+](C)(C)C. The summed E-state index contributed by atoms with van der Waals surface area (Å²) in [7, 11) is 1.06. The van der Waals surface area contributed by atoms with Crippen LogP contribution in [-0.2, 0) is 32.7 Å². The number of nitrogens with one attached hydrogen (secondary N) is 1. The van der Waals surface area contributed by atoms with Gasteiger partial charge in [-0.1, -0.05) is 68.4 Å². The molecule has 0 fully saturated rings. The molecular weight excluding hydrogens is 559 g/mol. The fraction of sp³-hybridized carbons (Fsp3) is 0.677. The number of allylic oxidation sites excluding steroid dienone is 8. The van der Waals surface area contributed by atoms with Gasteiger partial charge in [-0.05, 0) is 51.9 Å². The van der Waals surface area contributed by atoms with Gasteiger partial charge in [0.2, 0.25) is 5.91 Å². The quantitative estimate of drug-likeness (QED) is 0.0345. The van der Waals surface area contributed by atoms with E-state index in [0.717, 1.165) is 32.1 Å². The molecule has 2 atom stereocenters. The van der Waals surface area contributed by atoms with Crippen molar-refractivity contribution in [2.24, 2.45) is 0 Å². The third kappa shape index (κ3) is 29.4. The molecule has 0 spiro atoms. The second kappa shape index (κ2) is 25.4. The van der Waals surface area contributed by atoms with E-state index in [-0.39, 0.29) is 25.7 Å². The van der Waals surface area contributed by atoms with Crippen molar-refractivity contribution in [1.29, 1.82) is 0 Å². The summed E-state index contributed by atoms with van der Waals surface area (Å²) in [6, 6.07) is 0. The predicted octanol–water partition coefficient (Wildman–Crippen LogP) is 5.36. The van der Waals surface area contributed by atoms with Crippen molar-refractivity contribution in [3.63, 3.8) is 0 Å². The average Bonchev–Trinajstić information content (AvgIpc) is 2.91. The summed E-state index contributed by atoms with van der Waals surface area (Å²) in [6.07, 6.45) is 26.3. The minimum absolute atomic E-state index is 0.0604. The van der Waals surface area contributed by atoms with Crippen LogP contribution in [0.25, 0.3) is 0 Å². The monoisotopic (exact) mass is 614 g/mol. The van der Waals surface area contributed by atoms with Gasteiger partial charge in [-0.3, -0.25) is 9.36 Å². The molecule has 0 aromatic heterocycles. The number of amides is 1. The molecule has 0 aromatic rings.